The number of hydrogen-bond donors (Lipinski definition) is 1. The lowest BCUT2D eigenvalue weighted by molar-refractivity contribution is 0.274. The number of nitrogens with zero attached hydrogens (tertiary/aromatic N) is 1. The van der Waals surface area contributed by atoms with Crippen molar-refractivity contribution in [2.45, 2.75) is 27.4 Å². The Morgan fingerprint density at radius 1 is 1.21 bits per heavy atom. The van der Waals surface area contributed by atoms with E-state index < -0.39 is 0 Å². The van der Waals surface area contributed by atoms with Gasteiger partial charge in [0, 0.05) is 11.3 Å². The molecule has 2 aromatic rings. The molecule has 3 nitrogen and oxygen atoms in total. The van der Waals surface area contributed by atoms with E-state index in [1.165, 1.54) is 0 Å². The molecule has 1 aromatic heterocycles. The Labute approximate surface area is 121 Å². The number of aliphatic hydroxyl groups excluding tert-OH is 1. The SMILES string of the molecule is Cc1ccc(Oc2nc(C)cc(C)c2CO)c(Br)c1. The van der Waals surface area contributed by atoms with Gasteiger partial charge in [0.25, 0.3) is 0 Å². The molecular weight excluding hydrogens is 306 g/mol. The van der Waals surface area contributed by atoms with E-state index in [1.807, 2.05) is 45.0 Å². The van der Waals surface area contributed by atoms with Crippen LogP contribution in [0.15, 0.2) is 28.7 Å². The Bertz CT molecular complexity index is 611. The lowest BCUT2D eigenvalue weighted by atomic mass is 10.1. The largest absolute Gasteiger partial charge is 0.437 e. The molecule has 0 fully saturated rings. The van der Waals surface area contributed by atoms with Crippen molar-refractivity contribution in [2.75, 3.05) is 0 Å². The van der Waals surface area contributed by atoms with Crippen LogP contribution in [0.25, 0.3) is 0 Å². The van der Waals surface area contributed by atoms with E-state index in [-0.39, 0.29) is 6.61 Å². The maximum atomic E-state index is 9.45. The first-order chi connectivity index (χ1) is 9.01. The molecule has 0 bridgehead atoms. The van der Waals surface area contributed by atoms with Crippen molar-refractivity contribution in [3.05, 3.63) is 51.1 Å². The van der Waals surface area contributed by atoms with Crippen molar-refractivity contribution < 1.29 is 9.84 Å². The van der Waals surface area contributed by atoms with E-state index in [9.17, 15) is 5.11 Å². The first-order valence-corrected chi connectivity index (χ1v) is 6.82. The summed E-state index contributed by atoms with van der Waals surface area (Å²) >= 11 is 3.47. The molecule has 1 N–H and O–H groups in total. The summed E-state index contributed by atoms with van der Waals surface area (Å²) in [5.41, 5.74) is 3.72. The number of halogens is 1. The fourth-order valence-corrected chi connectivity index (χ4v) is 2.47. The molecule has 1 aromatic carbocycles. The van der Waals surface area contributed by atoms with Crippen molar-refractivity contribution >= 4 is 15.9 Å². The zero-order valence-corrected chi connectivity index (χ0v) is 12.8. The molecule has 0 aliphatic heterocycles. The standard InChI is InChI=1S/C15H16BrNO2/c1-9-4-5-14(13(16)6-9)19-15-12(8-18)10(2)7-11(3)17-15/h4-7,18H,8H2,1-3H3. The highest BCUT2D eigenvalue weighted by atomic mass is 79.9. The van der Waals surface area contributed by atoms with E-state index in [0.29, 0.717) is 11.6 Å². The van der Waals surface area contributed by atoms with Gasteiger partial charge in [-0.3, -0.25) is 0 Å². The molecule has 0 atom stereocenters. The molecule has 1 heterocycles. The van der Waals surface area contributed by atoms with Crippen LogP contribution in [0.4, 0.5) is 0 Å². The third-order valence-corrected chi connectivity index (χ3v) is 3.51. The van der Waals surface area contributed by atoms with E-state index >= 15 is 0 Å². The molecule has 2 rings (SSSR count). The minimum Gasteiger partial charge on any atom is -0.437 e. The van der Waals surface area contributed by atoms with Crippen LogP contribution in [0.3, 0.4) is 0 Å². The molecule has 100 valence electrons. The normalized spacial score (nSPS) is 10.6. The van der Waals surface area contributed by atoms with Gasteiger partial charge in [-0.05, 0) is 66.0 Å². The molecular formula is C15H16BrNO2. The fourth-order valence-electron chi connectivity index (χ4n) is 1.90. The predicted octanol–water partition coefficient (Wildman–Crippen LogP) is 4.05. The molecule has 4 heteroatoms. The van der Waals surface area contributed by atoms with Crippen LogP contribution in [0.5, 0.6) is 11.6 Å². The summed E-state index contributed by atoms with van der Waals surface area (Å²) < 4.78 is 6.70. The monoisotopic (exact) mass is 321 g/mol. The Kier molecular flexibility index (Phi) is 4.22. The quantitative estimate of drug-likeness (QED) is 0.927. The van der Waals surface area contributed by atoms with Crippen LogP contribution in [0.2, 0.25) is 0 Å². The van der Waals surface area contributed by atoms with Crippen LogP contribution in [-0.4, -0.2) is 10.1 Å². The summed E-state index contributed by atoms with van der Waals surface area (Å²) in [6.07, 6.45) is 0. The number of rotatable bonds is 3. The van der Waals surface area contributed by atoms with Gasteiger partial charge in [-0.25, -0.2) is 4.98 Å². The van der Waals surface area contributed by atoms with Crippen molar-refractivity contribution in [3.63, 3.8) is 0 Å². The second-order valence-corrected chi connectivity index (χ2v) is 5.41. The Balaban J connectivity index is 2.42. The predicted molar refractivity (Wildman–Crippen MR) is 78.6 cm³/mol. The van der Waals surface area contributed by atoms with E-state index in [2.05, 4.69) is 20.9 Å². The third-order valence-electron chi connectivity index (χ3n) is 2.89. The number of pyridine rings is 1. The molecule has 0 aliphatic carbocycles. The first kappa shape index (κ1) is 14.0. The summed E-state index contributed by atoms with van der Waals surface area (Å²) in [7, 11) is 0. The molecule has 0 amide bonds. The Morgan fingerprint density at radius 2 is 1.95 bits per heavy atom. The number of benzene rings is 1. The van der Waals surface area contributed by atoms with Gasteiger partial charge in [-0.1, -0.05) is 6.07 Å². The van der Waals surface area contributed by atoms with Crippen molar-refractivity contribution in [1.82, 2.24) is 4.98 Å². The van der Waals surface area contributed by atoms with E-state index in [1.54, 1.807) is 0 Å². The molecule has 0 aliphatic rings. The average Bonchev–Trinajstić information content (AvgIpc) is 2.32. The minimum absolute atomic E-state index is 0.0854. The van der Waals surface area contributed by atoms with E-state index in [4.69, 9.17) is 4.74 Å². The number of ether oxygens (including phenoxy) is 1. The second kappa shape index (κ2) is 5.72. The van der Waals surface area contributed by atoms with Gasteiger partial charge in [-0.2, -0.15) is 0 Å². The summed E-state index contributed by atoms with van der Waals surface area (Å²) in [4.78, 5) is 4.36. The van der Waals surface area contributed by atoms with Crippen LogP contribution >= 0.6 is 15.9 Å². The molecule has 0 saturated heterocycles. The second-order valence-electron chi connectivity index (χ2n) is 4.56. The van der Waals surface area contributed by atoms with Gasteiger partial charge in [0.1, 0.15) is 5.75 Å². The van der Waals surface area contributed by atoms with Gasteiger partial charge in [-0.15, -0.1) is 0 Å². The third kappa shape index (κ3) is 3.14. The van der Waals surface area contributed by atoms with Crippen LogP contribution in [-0.2, 0) is 6.61 Å². The van der Waals surface area contributed by atoms with Gasteiger partial charge in [0.2, 0.25) is 5.88 Å². The van der Waals surface area contributed by atoms with Gasteiger partial charge in [0.05, 0.1) is 11.1 Å². The highest BCUT2D eigenvalue weighted by Gasteiger charge is 2.12. The fraction of sp³-hybridized carbons (Fsp3) is 0.267. The smallest absolute Gasteiger partial charge is 0.225 e. The lowest BCUT2D eigenvalue weighted by Gasteiger charge is -2.13. The summed E-state index contributed by atoms with van der Waals surface area (Å²) in [6.45, 7) is 5.78. The highest BCUT2D eigenvalue weighted by Crippen LogP contribution is 2.32. The summed E-state index contributed by atoms with van der Waals surface area (Å²) in [5, 5.41) is 9.45. The van der Waals surface area contributed by atoms with Gasteiger partial charge < -0.3 is 9.84 Å². The average molecular weight is 322 g/mol. The van der Waals surface area contributed by atoms with E-state index in [0.717, 1.165) is 26.9 Å². The zero-order chi connectivity index (χ0) is 14.0. The van der Waals surface area contributed by atoms with Crippen molar-refractivity contribution in [2.24, 2.45) is 0 Å². The Morgan fingerprint density at radius 3 is 2.58 bits per heavy atom. The maximum Gasteiger partial charge on any atom is 0.225 e. The molecule has 19 heavy (non-hydrogen) atoms. The molecule has 0 unspecified atom stereocenters. The molecule has 0 saturated carbocycles. The summed E-state index contributed by atoms with van der Waals surface area (Å²) in [6, 6.07) is 7.78. The maximum absolute atomic E-state index is 9.45. The summed E-state index contributed by atoms with van der Waals surface area (Å²) in [5.74, 6) is 1.15. The number of aromatic nitrogens is 1. The van der Waals surface area contributed by atoms with Gasteiger partial charge >= 0.3 is 0 Å². The van der Waals surface area contributed by atoms with Crippen LogP contribution in [0.1, 0.15) is 22.4 Å². The Hall–Kier alpha value is -1.39. The van der Waals surface area contributed by atoms with Crippen molar-refractivity contribution in [1.29, 1.82) is 0 Å². The molecule has 0 spiro atoms. The zero-order valence-electron chi connectivity index (χ0n) is 11.2. The van der Waals surface area contributed by atoms with Crippen molar-refractivity contribution in [3.8, 4) is 11.6 Å². The number of aliphatic hydroxyl groups is 1. The lowest BCUT2D eigenvalue weighted by Crippen LogP contribution is -2.00. The molecule has 0 radical (unpaired) electrons. The van der Waals surface area contributed by atoms with Crippen LogP contribution in [0, 0.1) is 20.8 Å². The van der Waals surface area contributed by atoms with Gasteiger partial charge in [0.15, 0.2) is 0 Å². The minimum atomic E-state index is -0.0854. The highest BCUT2D eigenvalue weighted by molar-refractivity contribution is 9.10. The number of hydrogen-bond acceptors (Lipinski definition) is 3. The first-order valence-electron chi connectivity index (χ1n) is 6.03. The topological polar surface area (TPSA) is 42.4 Å². The van der Waals surface area contributed by atoms with Crippen LogP contribution < -0.4 is 4.74 Å². The number of aryl methyl sites for hydroxylation is 3.